The fourth-order valence-corrected chi connectivity index (χ4v) is 3.42. The van der Waals surface area contributed by atoms with Crippen LogP contribution in [0.2, 0.25) is 0 Å². The largest absolute Gasteiger partial charge is 0.403 e. The Labute approximate surface area is 183 Å². The number of fused-ring (bicyclic) bond motifs is 1. The average Bonchev–Trinajstić information content (AvgIpc) is 3.26. The maximum atomic E-state index is 12.9. The zero-order valence-electron chi connectivity index (χ0n) is 16.7. The van der Waals surface area contributed by atoms with Crippen molar-refractivity contribution in [1.82, 2.24) is 10.2 Å². The number of aliphatic imine (C=N–C) groups is 1. The van der Waals surface area contributed by atoms with Gasteiger partial charge in [0.1, 0.15) is 0 Å². The summed E-state index contributed by atoms with van der Waals surface area (Å²) in [5, 5.41) is 22.9. The van der Waals surface area contributed by atoms with Gasteiger partial charge in [0.25, 0.3) is 5.91 Å². The summed E-state index contributed by atoms with van der Waals surface area (Å²) >= 11 is 0. The molecule has 0 aliphatic carbocycles. The molecule has 1 aliphatic rings. The van der Waals surface area contributed by atoms with Crippen LogP contribution in [-0.4, -0.2) is 28.0 Å². The summed E-state index contributed by atoms with van der Waals surface area (Å²) in [7, 11) is 0. The van der Waals surface area contributed by atoms with Crippen molar-refractivity contribution in [2.45, 2.75) is 6.17 Å². The van der Waals surface area contributed by atoms with E-state index in [1.54, 1.807) is 24.3 Å². The molecule has 0 saturated heterocycles. The van der Waals surface area contributed by atoms with Crippen molar-refractivity contribution < 1.29 is 9.21 Å². The normalized spacial score (nSPS) is 15.0. The summed E-state index contributed by atoms with van der Waals surface area (Å²) in [5.74, 6) is -0.121. The molecule has 0 radical (unpaired) electrons. The van der Waals surface area contributed by atoms with Gasteiger partial charge < -0.3 is 15.1 Å². The summed E-state index contributed by atoms with van der Waals surface area (Å²) in [6.45, 7) is 0. The molecule has 8 nitrogen and oxygen atoms in total. The molecule has 4 aromatic rings. The number of hydrogen-bond acceptors (Lipinski definition) is 7. The van der Waals surface area contributed by atoms with Gasteiger partial charge >= 0.3 is 6.01 Å². The molecule has 1 atom stereocenters. The zero-order chi connectivity index (χ0) is 21.9. The maximum Gasteiger partial charge on any atom is 0.317 e. The van der Waals surface area contributed by atoms with Crippen LogP contribution in [0.3, 0.4) is 0 Å². The van der Waals surface area contributed by atoms with Crippen LogP contribution < -0.4 is 10.6 Å². The minimum atomic E-state index is -0.989. The lowest BCUT2D eigenvalue weighted by molar-refractivity contribution is -0.116. The molecule has 0 bridgehead atoms. The smallest absolute Gasteiger partial charge is 0.317 e. The molecular weight excluding hydrogens is 404 g/mol. The van der Waals surface area contributed by atoms with E-state index in [-0.39, 0.29) is 17.8 Å². The number of nitrogens with zero attached hydrogens (tertiary/aromatic N) is 4. The molecule has 3 aromatic carbocycles. The molecule has 2 heterocycles. The summed E-state index contributed by atoms with van der Waals surface area (Å²) in [6.07, 6.45) is -0.989. The van der Waals surface area contributed by atoms with E-state index in [1.165, 1.54) is 0 Å². The summed E-state index contributed by atoms with van der Waals surface area (Å²) < 4.78 is 5.69. The standard InChI is InChI=1S/C24H16N6O2/c25-14-15-7-6-10-17(13-15)23-29-30-24(32-23)28-21-22(31)26-19-12-5-4-11-18(19)20(27-21)16-8-2-1-3-9-16/h1-13,21H,(H,26,31)(H,28,30). The van der Waals surface area contributed by atoms with Gasteiger partial charge in [0.2, 0.25) is 12.1 Å². The predicted octanol–water partition coefficient (Wildman–Crippen LogP) is 3.84. The van der Waals surface area contributed by atoms with Crippen LogP contribution in [0.1, 0.15) is 16.7 Å². The van der Waals surface area contributed by atoms with Gasteiger partial charge in [0.05, 0.1) is 23.0 Å². The van der Waals surface area contributed by atoms with E-state index in [0.717, 1.165) is 11.1 Å². The third kappa shape index (κ3) is 3.70. The number of rotatable bonds is 4. The molecule has 1 unspecified atom stereocenters. The first-order valence-electron chi connectivity index (χ1n) is 9.85. The van der Waals surface area contributed by atoms with Crippen molar-refractivity contribution >= 4 is 23.3 Å². The van der Waals surface area contributed by atoms with Gasteiger partial charge in [0.15, 0.2) is 0 Å². The minimum absolute atomic E-state index is 0.0460. The van der Waals surface area contributed by atoms with Gasteiger partial charge in [-0.15, -0.1) is 5.10 Å². The highest BCUT2D eigenvalue weighted by Crippen LogP contribution is 2.26. The molecule has 8 heteroatoms. The van der Waals surface area contributed by atoms with Crippen LogP contribution >= 0.6 is 0 Å². The Kier molecular flexibility index (Phi) is 4.90. The van der Waals surface area contributed by atoms with Crippen molar-refractivity contribution in [3.63, 3.8) is 0 Å². The lowest BCUT2D eigenvalue weighted by Crippen LogP contribution is -2.32. The second kappa shape index (κ2) is 8.16. The van der Waals surface area contributed by atoms with Gasteiger partial charge in [0, 0.05) is 16.7 Å². The Balaban J connectivity index is 1.49. The first-order chi connectivity index (χ1) is 15.7. The monoisotopic (exact) mass is 420 g/mol. The lowest BCUT2D eigenvalue weighted by atomic mass is 10.0. The highest BCUT2D eigenvalue weighted by molar-refractivity contribution is 6.19. The average molecular weight is 420 g/mol. The van der Waals surface area contributed by atoms with Gasteiger partial charge in [-0.05, 0) is 24.3 Å². The summed E-state index contributed by atoms with van der Waals surface area (Å²) in [5.41, 5.74) is 4.12. The molecule has 154 valence electrons. The van der Waals surface area contributed by atoms with Crippen LogP contribution in [-0.2, 0) is 4.79 Å². The van der Waals surface area contributed by atoms with Gasteiger partial charge in [-0.25, -0.2) is 4.99 Å². The van der Waals surface area contributed by atoms with Crippen LogP contribution in [0.25, 0.3) is 11.5 Å². The van der Waals surface area contributed by atoms with E-state index in [0.29, 0.717) is 22.5 Å². The second-order valence-corrected chi connectivity index (χ2v) is 7.03. The van der Waals surface area contributed by atoms with Crippen LogP contribution in [0.15, 0.2) is 88.3 Å². The number of benzene rings is 3. The number of benzodiazepines with no additional fused rings is 1. The number of carbonyl (C=O) groups is 1. The third-order valence-electron chi connectivity index (χ3n) is 4.92. The molecule has 1 aliphatic heterocycles. The Morgan fingerprint density at radius 1 is 0.938 bits per heavy atom. The molecule has 0 saturated carbocycles. The van der Waals surface area contributed by atoms with Gasteiger partial charge in [-0.3, -0.25) is 4.79 Å². The Morgan fingerprint density at radius 2 is 1.72 bits per heavy atom. The van der Waals surface area contributed by atoms with E-state index in [1.807, 2.05) is 54.6 Å². The van der Waals surface area contributed by atoms with Crippen molar-refractivity contribution in [3.05, 3.63) is 95.6 Å². The van der Waals surface area contributed by atoms with E-state index < -0.39 is 6.17 Å². The van der Waals surface area contributed by atoms with E-state index in [9.17, 15) is 4.79 Å². The van der Waals surface area contributed by atoms with E-state index >= 15 is 0 Å². The molecular formula is C24H16N6O2. The maximum absolute atomic E-state index is 12.9. The van der Waals surface area contributed by atoms with Gasteiger partial charge in [-0.1, -0.05) is 59.7 Å². The number of anilines is 2. The fourth-order valence-electron chi connectivity index (χ4n) is 3.42. The highest BCUT2D eigenvalue weighted by atomic mass is 16.4. The Morgan fingerprint density at radius 3 is 2.56 bits per heavy atom. The first kappa shape index (κ1) is 19.2. The number of aromatic nitrogens is 2. The summed E-state index contributed by atoms with van der Waals surface area (Å²) in [6, 6.07) is 26.1. The highest BCUT2D eigenvalue weighted by Gasteiger charge is 2.27. The molecule has 32 heavy (non-hydrogen) atoms. The van der Waals surface area contributed by atoms with Crippen LogP contribution in [0, 0.1) is 11.3 Å². The molecule has 1 amide bonds. The summed E-state index contributed by atoms with van der Waals surface area (Å²) in [4.78, 5) is 17.6. The van der Waals surface area contributed by atoms with Crippen LogP contribution in [0.5, 0.6) is 0 Å². The second-order valence-electron chi connectivity index (χ2n) is 7.03. The number of nitrogens with one attached hydrogen (secondary N) is 2. The van der Waals surface area contributed by atoms with Crippen molar-refractivity contribution in [2.24, 2.45) is 4.99 Å². The van der Waals surface area contributed by atoms with Gasteiger partial charge in [-0.2, -0.15) is 5.26 Å². The van der Waals surface area contributed by atoms with E-state index in [2.05, 4.69) is 26.9 Å². The first-order valence-corrected chi connectivity index (χ1v) is 9.85. The Bertz CT molecular complexity index is 1370. The van der Waals surface area contributed by atoms with Crippen LogP contribution in [0.4, 0.5) is 11.7 Å². The number of carbonyl (C=O) groups excluding carboxylic acids is 1. The molecule has 1 aromatic heterocycles. The molecule has 2 N–H and O–H groups in total. The van der Waals surface area contributed by atoms with Crippen molar-refractivity contribution in [3.8, 4) is 17.5 Å². The van der Waals surface area contributed by atoms with E-state index in [4.69, 9.17) is 14.7 Å². The minimum Gasteiger partial charge on any atom is -0.403 e. The number of amides is 1. The number of nitriles is 1. The lowest BCUT2D eigenvalue weighted by Gasteiger charge is -2.11. The topological polar surface area (TPSA) is 116 Å². The predicted molar refractivity (Wildman–Crippen MR) is 119 cm³/mol. The quantitative estimate of drug-likeness (QED) is 0.518. The fraction of sp³-hybridized carbons (Fsp3) is 0.0417. The zero-order valence-corrected chi connectivity index (χ0v) is 16.7. The number of hydrogen-bond donors (Lipinski definition) is 2. The molecule has 0 fully saturated rings. The number of para-hydroxylation sites is 1. The van der Waals surface area contributed by atoms with Crippen molar-refractivity contribution in [2.75, 3.05) is 10.6 Å². The molecule has 5 rings (SSSR count). The Hall–Kier alpha value is -4.77. The SMILES string of the molecule is N#Cc1cccc(-c2nnc(NC3N=C(c4ccccc4)c4ccccc4NC3=O)o2)c1. The van der Waals surface area contributed by atoms with Crippen molar-refractivity contribution in [1.29, 1.82) is 5.26 Å². The third-order valence-corrected chi connectivity index (χ3v) is 4.92. The molecule has 0 spiro atoms.